The van der Waals surface area contributed by atoms with Crippen molar-refractivity contribution in [3.63, 3.8) is 0 Å². The van der Waals surface area contributed by atoms with Crippen LogP contribution in [0.5, 0.6) is 0 Å². The quantitative estimate of drug-likeness (QED) is 0.433. The van der Waals surface area contributed by atoms with Crippen LogP contribution in [0.25, 0.3) is 0 Å². The van der Waals surface area contributed by atoms with Gasteiger partial charge >= 0.3 is 11.9 Å². The summed E-state index contributed by atoms with van der Waals surface area (Å²) in [6.07, 6.45) is 3.47. The zero-order chi connectivity index (χ0) is 21.1. The zero-order valence-corrected chi connectivity index (χ0v) is 17.7. The molecular weight excluding hydrogens is 364 g/mol. The molecule has 3 unspecified atom stereocenters. The molecule has 0 amide bonds. The maximum absolute atomic E-state index is 12.6. The van der Waals surface area contributed by atoms with Crippen LogP contribution in [0.1, 0.15) is 73.6 Å². The lowest BCUT2D eigenvalue weighted by Gasteiger charge is -2.28. The lowest BCUT2D eigenvalue weighted by Crippen LogP contribution is -2.32. The highest BCUT2D eigenvalue weighted by Crippen LogP contribution is 2.24. The van der Waals surface area contributed by atoms with Gasteiger partial charge < -0.3 is 9.47 Å². The number of rotatable bonds is 11. The Labute approximate surface area is 174 Å². The Balaban J connectivity index is 2.10. The molecule has 0 saturated heterocycles. The van der Waals surface area contributed by atoms with Gasteiger partial charge in [-0.2, -0.15) is 0 Å². The third-order valence-corrected chi connectivity index (χ3v) is 5.04. The van der Waals surface area contributed by atoms with Crippen molar-refractivity contribution >= 4 is 11.9 Å². The molecule has 0 bridgehead atoms. The number of esters is 2. The van der Waals surface area contributed by atoms with Gasteiger partial charge in [0.2, 0.25) is 0 Å². The Kier molecular flexibility index (Phi) is 9.42. The van der Waals surface area contributed by atoms with E-state index in [0.29, 0.717) is 17.5 Å². The predicted molar refractivity (Wildman–Crippen MR) is 115 cm³/mol. The molecule has 2 rings (SSSR count). The lowest BCUT2D eigenvalue weighted by atomic mass is 9.93. The van der Waals surface area contributed by atoms with Crippen molar-refractivity contribution in [2.45, 2.75) is 65.1 Å². The Bertz CT molecular complexity index is 742. The molecule has 156 valence electrons. The second kappa shape index (κ2) is 12.1. The summed E-state index contributed by atoms with van der Waals surface area (Å²) in [7, 11) is 0. The van der Waals surface area contributed by atoms with Crippen molar-refractivity contribution in [2.24, 2.45) is 5.92 Å². The van der Waals surface area contributed by atoms with Crippen molar-refractivity contribution in [1.29, 1.82) is 0 Å². The largest absolute Gasteiger partial charge is 0.459 e. The first-order valence-corrected chi connectivity index (χ1v) is 10.6. The smallest absolute Gasteiger partial charge is 0.338 e. The summed E-state index contributed by atoms with van der Waals surface area (Å²) in [5.41, 5.74) is 1.07. The highest BCUT2D eigenvalue weighted by Gasteiger charge is 2.27. The fourth-order valence-corrected chi connectivity index (χ4v) is 3.42. The minimum absolute atomic E-state index is 0.183. The van der Waals surface area contributed by atoms with E-state index < -0.39 is 0 Å². The van der Waals surface area contributed by atoms with Crippen LogP contribution in [0, 0.1) is 5.92 Å². The molecule has 0 N–H and O–H groups in total. The summed E-state index contributed by atoms with van der Waals surface area (Å²) >= 11 is 0. The van der Waals surface area contributed by atoms with E-state index >= 15 is 0 Å². The molecule has 4 heteroatoms. The average molecular weight is 397 g/mol. The molecule has 29 heavy (non-hydrogen) atoms. The van der Waals surface area contributed by atoms with Gasteiger partial charge in [0.05, 0.1) is 11.1 Å². The molecule has 0 aromatic heterocycles. The van der Waals surface area contributed by atoms with Crippen LogP contribution >= 0.6 is 0 Å². The maximum atomic E-state index is 12.6. The van der Waals surface area contributed by atoms with Gasteiger partial charge in [-0.1, -0.05) is 70.0 Å². The number of hydrogen-bond donors (Lipinski definition) is 0. The van der Waals surface area contributed by atoms with Crippen LogP contribution < -0.4 is 0 Å². The van der Waals surface area contributed by atoms with E-state index in [4.69, 9.17) is 9.47 Å². The minimum atomic E-state index is -0.333. The number of hydrogen-bond acceptors (Lipinski definition) is 4. The summed E-state index contributed by atoms with van der Waals surface area (Å²) in [4.78, 5) is 25.1. The second-order valence-electron chi connectivity index (χ2n) is 7.49. The van der Waals surface area contributed by atoms with Crippen molar-refractivity contribution < 1.29 is 19.1 Å². The number of ether oxygens (including phenoxy) is 2. The SMILES string of the molecule is CCCC(CC(OC(=O)c1ccccc1)C(C)CCC)OC(=O)c1ccccc1. The summed E-state index contributed by atoms with van der Waals surface area (Å²) in [6, 6.07) is 18.0. The fourth-order valence-electron chi connectivity index (χ4n) is 3.42. The van der Waals surface area contributed by atoms with Crippen molar-refractivity contribution in [3.8, 4) is 0 Å². The van der Waals surface area contributed by atoms with E-state index in [2.05, 4.69) is 20.8 Å². The lowest BCUT2D eigenvalue weighted by molar-refractivity contribution is -0.0165. The molecule has 0 aliphatic heterocycles. The number of carbonyl (C=O) groups excluding carboxylic acids is 2. The maximum Gasteiger partial charge on any atom is 0.338 e. The molecule has 0 aliphatic carbocycles. The molecule has 2 aromatic rings. The molecule has 0 aliphatic rings. The van der Waals surface area contributed by atoms with Gasteiger partial charge in [0.1, 0.15) is 12.2 Å². The Hall–Kier alpha value is -2.62. The number of benzene rings is 2. The van der Waals surface area contributed by atoms with Gasteiger partial charge in [0, 0.05) is 6.42 Å². The molecule has 0 spiro atoms. The predicted octanol–water partition coefficient (Wildman–Crippen LogP) is 6.06. The number of carbonyl (C=O) groups is 2. The van der Waals surface area contributed by atoms with Crippen molar-refractivity contribution in [3.05, 3.63) is 71.8 Å². The summed E-state index contributed by atoms with van der Waals surface area (Å²) in [5, 5.41) is 0. The third kappa shape index (κ3) is 7.37. The molecule has 0 fully saturated rings. The molecule has 0 radical (unpaired) electrons. The summed E-state index contributed by atoms with van der Waals surface area (Å²) in [6.45, 7) is 6.27. The Morgan fingerprint density at radius 2 is 1.24 bits per heavy atom. The first-order valence-electron chi connectivity index (χ1n) is 10.6. The average Bonchev–Trinajstić information content (AvgIpc) is 2.74. The van der Waals surface area contributed by atoms with E-state index in [1.165, 1.54) is 0 Å². The first kappa shape index (κ1) is 22.7. The molecule has 3 atom stereocenters. The van der Waals surface area contributed by atoms with E-state index in [1.54, 1.807) is 24.3 Å². The van der Waals surface area contributed by atoms with Gasteiger partial charge in [0.25, 0.3) is 0 Å². The van der Waals surface area contributed by atoms with Crippen molar-refractivity contribution in [2.75, 3.05) is 0 Å². The topological polar surface area (TPSA) is 52.6 Å². The second-order valence-corrected chi connectivity index (χ2v) is 7.49. The van der Waals surface area contributed by atoms with Crippen LogP contribution in [0.3, 0.4) is 0 Å². The molecule has 0 heterocycles. The van der Waals surface area contributed by atoms with Gasteiger partial charge in [-0.05, 0) is 43.0 Å². The van der Waals surface area contributed by atoms with Gasteiger partial charge in [0.15, 0.2) is 0 Å². The van der Waals surface area contributed by atoms with E-state index in [1.807, 2.05) is 36.4 Å². The first-order chi connectivity index (χ1) is 14.0. The van der Waals surface area contributed by atoms with Crippen LogP contribution in [0.4, 0.5) is 0 Å². The van der Waals surface area contributed by atoms with Crippen LogP contribution in [0.2, 0.25) is 0 Å². The van der Waals surface area contributed by atoms with Crippen LogP contribution in [-0.4, -0.2) is 24.1 Å². The zero-order valence-electron chi connectivity index (χ0n) is 17.7. The summed E-state index contributed by atoms with van der Waals surface area (Å²) in [5.74, 6) is -0.481. The molecule has 0 saturated carbocycles. The van der Waals surface area contributed by atoms with E-state index in [9.17, 15) is 9.59 Å². The Morgan fingerprint density at radius 3 is 1.72 bits per heavy atom. The summed E-state index contributed by atoms with van der Waals surface area (Å²) < 4.78 is 11.7. The van der Waals surface area contributed by atoms with Crippen molar-refractivity contribution in [1.82, 2.24) is 0 Å². The van der Waals surface area contributed by atoms with Gasteiger partial charge in [-0.15, -0.1) is 0 Å². The third-order valence-electron chi connectivity index (χ3n) is 5.04. The molecule has 4 nitrogen and oxygen atoms in total. The van der Waals surface area contributed by atoms with Gasteiger partial charge in [-0.3, -0.25) is 0 Å². The van der Waals surface area contributed by atoms with E-state index in [-0.39, 0.29) is 30.1 Å². The van der Waals surface area contributed by atoms with Gasteiger partial charge in [-0.25, -0.2) is 9.59 Å². The Morgan fingerprint density at radius 1 is 0.759 bits per heavy atom. The van der Waals surface area contributed by atoms with Crippen LogP contribution in [0.15, 0.2) is 60.7 Å². The molecular formula is C25H32O4. The van der Waals surface area contributed by atoms with E-state index in [0.717, 1.165) is 25.7 Å². The molecule has 2 aromatic carbocycles. The fraction of sp³-hybridized carbons (Fsp3) is 0.440. The highest BCUT2D eigenvalue weighted by atomic mass is 16.6. The minimum Gasteiger partial charge on any atom is -0.459 e. The highest BCUT2D eigenvalue weighted by molar-refractivity contribution is 5.90. The monoisotopic (exact) mass is 396 g/mol. The standard InChI is InChI=1S/C25H32O4/c1-4-12-19(3)23(29-25(27)21-16-10-7-11-17-21)18-22(13-5-2)28-24(26)20-14-8-6-9-15-20/h6-11,14-17,19,22-23H,4-5,12-13,18H2,1-3H3. The normalized spacial score (nSPS) is 13.9. The van der Waals surface area contributed by atoms with Crippen LogP contribution in [-0.2, 0) is 9.47 Å².